The fraction of sp³-hybridized carbons (Fsp3) is 0.579. The number of ether oxygens (including phenoxy) is 3. The minimum Gasteiger partial charge on any atom is -0.458 e. The van der Waals surface area contributed by atoms with E-state index >= 15 is 0 Å². The highest BCUT2D eigenvalue weighted by Crippen LogP contribution is 2.54. The normalized spacial score (nSPS) is 37.6. The molecule has 4 aliphatic rings. The van der Waals surface area contributed by atoms with Crippen molar-refractivity contribution in [2.45, 2.75) is 58.5 Å². The average molecular weight is 346 g/mol. The molecule has 1 saturated heterocycles. The summed E-state index contributed by atoms with van der Waals surface area (Å²) in [6.45, 7) is 5.92. The van der Waals surface area contributed by atoms with E-state index < -0.39 is 24.3 Å². The molecule has 25 heavy (non-hydrogen) atoms. The Morgan fingerprint density at radius 2 is 2.04 bits per heavy atom. The second kappa shape index (κ2) is 5.46. The number of cyclic esters (lactones) is 1. The zero-order valence-corrected chi connectivity index (χ0v) is 14.6. The molecule has 4 atom stereocenters. The molecule has 4 unspecified atom stereocenters. The van der Waals surface area contributed by atoms with Gasteiger partial charge in [0.2, 0.25) is 0 Å². The van der Waals surface area contributed by atoms with E-state index in [-0.39, 0.29) is 17.4 Å². The summed E-state index contributed by atoms with van der Waals surface area (Å²) in [5, 5.41) is 10.4. The second-order valence-corrected chi connectivity index (χ2v) is 7.85. The van der Waals surface area contributed by atoms with Gasteiger partial charge in [-0.1, -0.05) is 13.8 Å². The third-order valence-electron chi connectivity index (χ3n) is 5.74. The molecule has 6 nitrogen and oxygen atoms in total. The van der Waals surface area contributed by atoms with Gasteiger partial charge in [0.15, 0.2) is 0 Å². The van der Waals surface area contributed by atoms with E-state index in [1.807, 2.05) is 0 Å². The Labute approximate surface area is 146 Å². The molecule has 0 aromatic rings. The minimum absolute atomic E-state index is 0.0919. The topological polar surface area (TPSA) is 82.1 Å². The van der Waals surface area contributed by atoms with Gasteiger partial charge in [0.25, 0.3) is 6.29 Å². The van der Waals surface area contributed by atoms with E-state index in [4.69, 9.17) is 14.2 Å². The summed E-state index contributed by atoms with van der Waals surface area (Å²) in [7, 11) is 0. The van der Waals surface area contributed by atoms with Crippen molar-refractivity contribution in [3.05, 3.63) is 34.6 Å². The lowest BCUT2D eigenvalue weighted by molar-refractivity contribution is -0.152. The Morgan fingerprint density at radius 1 is 1.28 bits per heavy atom. The summed E-state index contributed by atoms with van der Waals surface area (Å²) in [6.07, 6.45) is 3.53. The summed E-state index contributed by atoms with van der Waals surface area (Å²) in [6, 6.07) is 0. The summed E-state index contributed by atoms with van der Waals surface area (Å²) in [5.41, 5.74) is 2.91. The van der Waals surface area contributed by atoms with Gasteiger partial charge in [0.05, 0.1) is 17.9 Å². The molecule has 4 rings (SSSR count). The Morgan fingerprint density at radius 3 is 2.72 bits per heavy atom. The van der Waals surface area contributed by atoms with Crippen LogP contribution in [0.3, 0.4) is 0 Å². The molecule has 6 heteroatoms. The minimum atomic E-state index is -0.808. The van der Waals surface area contributed by atoms with Gasteiger partial charge in [-0.15, -0.1) is 0 Å². The Kier molecular flexibility index (Phi) is 3.58. The first-order valence-corrected chi connectivity index (χ1v) is 8.65. The van der Waals surface area contributed by atoms with Gasteiger partial charge >= 0.3 is 11.9 Å². The SMILES string of the molecule is CC1=CC(O/C=C2\C(=O)OC3C4=C(CC23)C(O)CCC4(C)C)OC1=O. The van der Waals surface area contributed by atoms with Crippen LogP contribution in [-0.4, -0.2) is 35.5 Å². The maximum atomic E-state index is 12.3. The summed E-state index contributed by atoms with van der Waals surface area (Å²) < 4.78 is 16.1. The van der Waals surface area contributed by atoms with Crippen LogP contribution in [0, 0.1) is 11.3 Å². The van der Waals surface area contributed by atoms with Crippen molar-refractivity contribution in [1.29, 1.82) is 0 Å². The molecule has 2 heterocycles. The quantitative estimate of drug-likeness (QED) is 0.357. The van der Waals surface area contributed by atoms with E-state index in [9.17, 15) is 14.7 Å². The van der Waals surface area contributed by atoms with Crippen molar-refractivity contribution in [3.8, 4) is 0 Å². The maximum absolute atomic E-state index is 12.3. The molecule has 0 radical (unpaired) electrons. The number of fused-ring (bicyclic) bond motifs is 2. The fourth-order valence-electron chi connectivity index (χ4n) is 4.38. The van der Waals surface area contributed by atoms with Gasteiger partial charge in [0.1, 0.15) is 6.10 Å². The van der Waals surface area contributed by atoms with Crippen molar-refractivity contribution >= 4 is 11.9 Å². The van der Waals surface area contributed by atoms with Crippen LogP contribution >= 0.6 is 0 Å². The van der Waals surface area contributed by atoms with Crippen molar-refractivity contribution in [3.63, 3.8) is 0 Å². The molecule has 0 saturated carbocycles. The zero-order chi connectivity index (χ0) is 17.9. The van der Waals surface area contributed by atoms with Crippen molar-refractivity contribution in [1.82, 2.24) is 0 Å². The van der Waals surface area contributed by atoms with E-state index in [0.717, 1.165) is 24.0 Å². The number of esters is 2. The van der Waals surface area contributed by atoms with Gasteiger partial charge in [-0.25, -0.2) is 9.59 Å². The first-order valence-electron chi connectivity index (χ1n) is 8.65. The summed E-state index contributed by atoms with van der Waals surface area (Å²) >= 11 is 0. The van der Waals surface area contributed by atoms with Gasteiger partial charge < -0.3 is 19.3 Å². The fourth-order valence-corrected chi connectivity index (χ4v) is 4.38. The van der Waals surface area contributed by atoms with Gasteiger partial charge in [-0.05, 0) is 42.7 Å². The highest BCUT2D eigenvalue weighted by atomic mass is 16.7. The molecule has 0 spiro atoms. The highest BCUT2D eigenvalue weighted by molar-refractivity contribution is 5.92. The number of hydrogen-bond acceptors (Lipinski definition) is 6. The lowest BCUT2D eigenvalue weighted by atomic mass is 9.71. The summed E-state index contributed by atoms with van der Waals surface area (Å²) in [4.78, 5) is 23.7. The van der Waals surface area contributed by atoms with Crippen molar-refractivity contribution in [2.75, 3.05) is 0 Å². The number of aliphatic hydroxyl groups is 1. The van der Waals surface area contributed by atoms with Crippen LogP contribution in [0.2, 0.25) is 0 Å². The predicted octanol–water partition coefficient (Wildman–Crippen LogP) is 2.14. The number of carbonyl (C=O) groups excluding carboxylic acids is 2. The monoisotopic (exact) mass is 346 g/mol. The Hall–Kier alpha value is -2.08. The molecule has 1 N–H and O–H groups in total. The van der Waals surface area contributed by atoms with E-state index in [0.29, 0.717) is 17.6 Å². The van der Waals surface area contributed by atoms with Crippen LogP contribution < -0.4 is 0 Å². The van der Waals surface area contributed by atoms with E-state index in [1.165, 1.54) is 6.26 Å². The zero-order valence-electron chi connectivity index (χ0n) is 14.6. The Bertz CT molecular complexity index is 741. The molecule has 2 aliphatic carbocycles. The third kappa shape index (κ3) is 2.51. The van der Waals surface area contributed by atoms with Gasteiger partial charge in [-0.3, -0.25) is 0 Å². The van der Waals surface area contributed by atoms with Gasteiger partial charge in [-0.2, -0.15) is 0 Å². The van der Waals surface area contributed by atoms with Crippen LogP contribution in [0.25, 0.3) is 0 Å². The van der Waals surface area contributed by atoms with E-state index in [1.54, 1.807) is 13.0 Å². The van der Waals surface area contributed by atoms with Crippen LogP contribution in [0.15, 0.2) is 34.6 Å². The first kappa shape index (κ1) is 16.4. The maximum Gasteiger partial charge on any atom is 0.338 e. The molecule has 0 bridgehead atoms. The molecular weight excluding hydrogens is 324 g/mol. The summed E-state index contributed by atoms with van der Waals surface area (Å²) in [5.74, 6) is -0.965. The van der Waals surface area contributed by atoms with E-state index in [2.05, 4.69) is 13.8 Å². The number of aliphatic hydroxyl groups excluding tert-OH is 1. The smallest absolute Gasteiger partial charge is 0.338 e. The van der Waals surface area contributed by atoms with Crippen molar-refractivity contribution in [2.24, 2.45) is 11.3 Å². The standard InChI is InChI=1S/C19H22O6/c1-9-6-14(24-17(9)21)23-8-12-10-7-11-13(20)4-5-19(2,3)15(11)16(10)25-18(12)22/h6,8,10,13-14,16,20H,4-5,7H2,1-3H3/b12-8-. The molecule has 134 valence electrons. The third-order valence-corrected chi connectivity index (χ3v) is 5.74. The first-order chi connectivity index (χ1) is 11.8. The molecule has 2 aliphatic heterocycles. The molecule has 1 fully saturated rings. The average Bonchev–Trinajstić information content (AvgIpc) is 3.15. The number of carbonyl (C=O) groups is 2. The predicted molar refractivity (Wildman–Crippen MR) is 86.8 cm³/mol. The van der Waals surface area contributed by atoms with Crippen LogP contribution in [0.1, 0.15) is 40.0 Å². The lowest BCUT2D eigenvalue weighted by Crippen LogP contribution is -2.31. The Balaban J connectivity index is 1.57. The lowest BCUT2D eigenvalue weighted by Gasteiger charge is -2.36. The molecule has 0 aromatic carbocycles. The van der Waals surface area contributed by atoms with Gasteiger partial charge in [0, 0.05) is 17.6 Å². The second-order valence-electron chi connectivity index (χ2n) is 7.85. The van der Waals surface area contributed by atoms with Crippen LogP contribution in [0.5, 0.6) is 0 Å². The van der Waals surface area contributed by atoms with Crippen LogP contribution in [-0.2, 0) is 23.8 Å². The van der Waals surface area contributed by atoms with Crippen molar-refractivity contribution < 1.29 is 28.9 Å². The number of hydrogen-bond donors (Lipinski definition) is 1. The largest absolute Gasteiger partial charge is 0.458 e. The van der Waals surface area contributed by atoms with Crippen LogP contribution in [0.4, 0.5) is 0 Å². The molecular formula is C19H22O6. The molecule has 0 aromatic heterocycles. The molecule has 0 amide bonds. The number of rotatable bonds is 2. The highest BCUT2D eigenvalue weighted by Gasteiger charge is 2.53.